The number of H-pyrrole nitrogens is 1. The summed E-state index contributed by atoms with van der Waals surface area (Å²) < 4.78 is 96.4. The molecule has 232 valence electrons. The van der Waals surface area contributed by atoms with E-state index in [0.717, 1.165) is 23.3 Å². The number of carbonyl (C=O) groups excluding carboxylic acids is 1. The molecule has 6 rings (SSSR count). The predicted molar refractivity (Wildman–Crippen MR) is 161 cm³/mol. The Morgan fingerprint density at radius 3 is 2.20 bits per heavy atom. The first-order chi connectivity index (χ1) is 21.3. The molecule has 1 amide bonds. The van der Waals surface area contributed by atoms with E-state index in [4.69, 9.17) is 0 Å². The minimum absolute atomic E-state index is 0.0160. The average molecular weight is 655 g/mol. The fraction of sp³-hybridized carbons (Fsp3) is 0.161. The van der Waals surface area contributed by atoms with Gasteiger partial charge in [-0.1, -0.05) is 66.7 Å². The molecular formula is C31H25F3N4O5S2. The lowest BCUT2D eigenvalue weighted by Gasteiger charge is -2.18. The number of alkyl halides is 3. The molecule has 0 saturated carbocycles. The Morgan fingerprint density at radius 2 is 1.58 bits per heavy atom. The summed E-state index contributed by atoms with van der Waals surface area (Å²) in [5.74, 6) is -0.514. The van der Waals surface area contributed by atoms with Crippen LogP contribution >= 0.6 is 0 Å². The maximum absolute atomic E-state index is 13.6. The Kier molecular flexibility index (Phi) is 7.75. The first kappa shape index (κ1) is 30.5. The number of hydrogen-bond donors (Lipinski definition) is 3. The molecule has 1 unspecified atom stereocenters. The molecule has 4 aromatic carbocycles. The van der Waals surface area contributed by atoms with Crippen molar-refractivity contribution < 1.29 is 34.8 Å². The van der Waals surface area contributed by atoms with Gasteiger partial charge in [0.2, 0.25) is 26.0 Å². The van der Waals surface area contributed by atoms with Crippen LogP contribution in [0.15, 0.2) is 102 Å². The van der Waals surface area contributed by atoms with Crippen molar-refractivity contribution in [3.63, 3.8) is 0 Å². The van der Waals surface area contributed by atoms with Crippen molar-refractivity contribution in [2.75, 3.05) is 0 Å². The lowest BCUT2D eigenvalue weighted by atomic mass is 10.0. The number of fused-ring (bicyclic) bond motifs is 1. The zero-order chi connectivity index (χ0) is 32.0. The van der Waals surface area contributed by atoms with E-state index in [9.17, 15) is 34.8 Å². The van der Waals surface area contributed by atoms with Gasteiger partial charge in [0.05, 0.1) is 34.0 Å². The van der Waals surface area contributed by atoms with Crippen LogP contribution in [0.1, 0.15) is 40.2 Å². The van der Waals surface area contributed by atoms with Crippen molar-refractivity contribution in [1.82, 2.24) is 19.4 Å². The van der Waals surface area contributed by atoms with Crippen LogP contribution in [-0.4, -0.2) is 32.7 Å². The molecule has 1 aromatic heterocycles. The normalized spacial score (nSPS) is 17.3. The molecule has 1 fully saturated rings. The zero-order valence-electron chi connectivity index (χ0n) is 23.2. The molecule has 1 saturated heterocycles. The average Bonchev–Trinajstić information content (AvgIpc) is 3.55. The molecule has 2 heterocycles. The molecular weight excluding hydrogens is 629 g/mol. The van der Waals surface area contributed by atoms with Gasteiger partial charge in [0.1, 0.15) is 11.1 Å². The van der Waals surface area contributed by atoms with Crippen molar-refractivity contribution in [3.05, 3.63) is 120 Å². The van der Waals surface area contributed by atoms with Gasteiger partial charge in [0.15, 0.2) is 0 Å². The highest BCUT2D eigenvalue weighted by Gasteiger charge is 2.38. The minimum Gasteiger partial charge on any atom is -0.341 e. The monoisotopic (exact) mass is 654 g/mol. The number of nitrogens with zero attached hydrogens (tertiary/aromatic N) is 1. The fourth-order valence-electron chi connectivity index (χ4n) is 5.23. The van der Waals surface area contributed by atoms with E-state index in [-0.39, 0.29) is 34.6 Å². The van der Waals surface area contributed by atoms with Crippen molar-refractivity contribution in [3.8, 4) is 11.1 Å². The maximum atomic E-state index is 13.6. The fourth-order valence-corrected chi connectivity index (χ4v) is 7.86. The maximum Gasteiger partial charge on any atom is 0.416 e. The van der Waals surface area contributed by atoms with E-state index in [0.29, 0.717) is 11.1 Å². The van der Waals surface area contributed by atoms with Gasteiger partial charge < -0.3 is 4.98 Å². The highest BCUT2D eigenvalue weighted by molar-refractivity contribution is 7.90. The standard InChI is InChI=1S/C31H25F3N4O5S2/c32-31(33,34)23-12-15-25-26(17-23)36-30(35-25)27(16-19-6-8-22(9-7-19)28-18-29(39)38-45(28,42)43)37-44(40,41)24-13-10-21(11-14-24)20-4-2-1-3-5-20/h1-15,17,27-28,37H,16,18H2,(H,35,36)(H,38,39)/t27-,28?/m0/s1. The van der Waals surface area contributed by atoms with E-state index < -0.39 is 49.0 Å². The molecule has 2 atom stereocenters. The molecule has 3 N–H and O–H groups in total. The van der Waals surface area contributed by atoms with E-state index >= 15 is 0 Å². The second-order valence-electron chi connectivity index (χ2n) is 10.6. The molecule has 9 nitrogen and oxygen atoms in total. The molecule has 45 heavy (non-hydrogen) atoms. The molecule has 0 spiro atoms. The number of carbonyl (C=O) groups is 1. The van der Waals surface area contributed by atoms with Gasteiger partial charge in [-0.3, -0.25) is 9.52 Å². The Labute approximate surface area is 256 Å². The van der Waals surface area contributed by atoms with Crippen LogP contribution in [0.25, 0.3) is 22.2 Å². The number of nitrogens with one attached hydrogen (secondary N) is 3. The molecule has 1 aliphatic rings. The van der Waals surface area contributed by atoms with Crippen LogP contribution in [0, 0.1) is 0 Å². The summed E-state index contributed by atoms with van der Waals surface area (Å²) in [5, 5.41) is -1.05. The van der Waals surface area contributed by atoms with Crippen LogP contribution in [0.4, 0.5) is 13.2 Å². The lowest BCUT2D eigenvalue weighted by molar-refractivity contribution is -0.137. The molecule has 5 aromatic rings. The van der Waals surface area contributed by atoms with E-state index in [1.54, 1.807) is 36.4 Å². The van der Waals surface area contributed by atoms with Gasteiger partial charge in [-0.2, -0.15) is 13.2 Å². The number of benzene rings is 4. The summed E-state index contributed by atoms with van der Waals surface area (Å²) in [6, 6.07) is 23.9. The lowest BCUT2D eigenvalue weighted by Crippen LogP contribution is -2.31. The SMILES string of the molecule is O=C1CC(c2ccc(C[C@H](NS(=O)(=O)c3ccc(-c4ccccc4)cc3)c3nc4ccc(C(F)(F)F)cc4[nH]3)cc2)S(=O)(=O)N1. The summed E-state index contributed by atoms with van der Waals surface area (Å²) >= 11 is 0. The highest BCUT2D eigenvalue weighted by atomic mass is 32.2. The van der Waals surface area contributed by atoms with E-state index in [1.165, 1.54) is 18.2 Å². The van der Waals surface area contributed by atoms with Gasteiger partial charge in [-0.05, 0) is 59.0 Å². The predicted octanol–water partition coefficient (Wildman–Crippen LogP) is 5.40. The molecule has 14 heteroatoms. The van der Waals surface area contributed by atoms with Crippen LogP contribution in [0.3, 0.4) is 0 Å². The van der Waals surface area contributed by atoms with Gasteiger partial charge in [0.25, 0.3) is 0 Å². The molecule has 0 bridgehead atoms. The molecule has 0 aliphatic carbocycles. The summed E-state index contributed by atoms with van der Waals surface area (Å²) in [6.45, 7) is 0. The second-order valence-corrected chi connectivity index (χ2v) is 14.2. The van der Waals surface area contributed by atoms with E-state index in [2.05, 4.69) is 14.7 Å². The summed E-state index contributed by atoms with van der Waals surface area (Å²) in [7, 11) is -8.01. The largest absolute Gasteiger partial charge is 0.416 e. The summed E-state index contributed by atoms with van der Waals surface area (Å²) in [5.41, 5.74) is 2.09. The first-order valence-electron chi connectivity index (χ1n) is 13.7. The molecule has 1 aliphatic heterocycles. The third-order valence-electron chi connectivity index (χ3n) is 7.52. The minimum atomic E-state index is -4.58. The van der Waals surface area contributed by atoms with Gasteiger partial charge >= 0.3 is 6.18 Å². The van der Waals surface area contributed by atoms with Crippen molar-refractivity contribution in [2.24, 2.45) is 0 Å². The third kappa shape index (κ3) is 6.48. The smallest absolute Gasteiger partial charge is 0.341 e. The van der Waals surface area contributed by atoms with Crippen LogP contribution in [0.2, 0.25) is 0 Å². The summed E-state index contributed by atoms with van der Waals surface area (Å²) in [6.07, 6.45) is -4.78. The van der Waals surface area contributed by atoms with Crippen molar-refractivity contribution in [2.45, 2.75) is 35.2 Å². The van der Waals surface area contributed by atoms with Crippen LogP contribution in [0.5, 0.6) is 0 Å². The number of sulfonamides is 2. The van der Waals surface area contributed by atoms with Crippen LogP contribution < -0.4 is 9.44 Å². The van der Waals surface area contributed by atoms with Crippen molar-refractivity contribution >= 4 is 37.0 Å². The van der Waals surface area contributed by atoms with Gasteiger partial charge in [0, 0.05) is 0 Å². The number of aromatic amines is 1. The number of amides is 1. The first-order valence-corrected chi connectivity index (χ1v) is 16.7. The van der Waals surface area contributed by atoms with Gasteiger partial charge in [-0.25, -0.2) is 26.5 Å². The van der Waals surface area contributed by atoms with Crippen LogP contribution in [-0.2, 0) is 37.4 Å². The number of rotatable bonds is 8. The zero-order valence-corrected chi connectivity index (χ0v) is 24.9. The Hall–Kier alpha value is -4.53. The van der Waals surface area contributed by atoms with Gasteiger partial charge in [-0.15, -0.1) is 0 Å². The topological polar surface area (TPSA) is 138 Å². The highest BCUT2D eigenvalue weighted by Crippen LogP contribution is 2.33. The number of halogens is 3. The van der Waals surface area contributed by atoms with E-state index in [1.807, 2.05) is 35.1 Å². The quantitative estimate of drug-likeness (QED) is 0.205. The summed E-state index contributed by atoms with van der Waals surface area (Å²) in [4.78, 5) is 18.9. The Balaban J connectivity index is 1.32. The Morgan fingerprint density at radius 1 is 0.911 bits per heavy atom. The third-order valence-corrected chi connectivity index (χ3v) is 10.7. The number of imidazole rings is 1. The molecule has 0 radical (unpaired) electrons. The Bertz CT molecular complexity index is 2100. The number of hydrogen-bond acceptors (Lipinski definition) is 6. The second kappa shape index (κ2) is 11.4. The van der Waals surface area contributed by atoms with Crippen molar-refractivity contribution in [1.29, 1.82) is 0 Å². The number of aromatic nitrogens is 2.